The average molecular weight is 465 g/mol. The van der Waals surface area contributed by atoms with Crippen molar-refractivity contribution in [3.8, 4) is 0 Å². The first-order chi connectivity index (χ1) is 15.4. The van der Waals surface area contributed by atoms with Crippen LogP contribution in [-0.2, 0) is 4.79 Å². The van der Waals surface area contributed by atoms with Gasteiger partial charge < -0.3 is 21.7 Å². The molecule has 1 atom stereocenters. The predicted molar refractivity (Wildman–Crippen MR) is 136 cm³/mol. The van der Waals surface area contributed by atoms with Crippen LogP contribution in [0.2, 0.25) is 0 Å². The van der Waals surface area contributed by atoms with Crippen LogP contribution in [0.5, 0.6) is 0 Å². The number of rotatable bonds is 8. The number of hydrogen-bond acceptors (Lipinski definition) is 4. The molecule has 0 aliphatic rings. The zero-order valence-corrected chi connectivity index (χ0v) is 19.1. The van der Waals surface area contributed by atoms with Gasteiger partial charge in [-0.05, 0) is 73.2 Å². The van der Waals surface area contributed by atoms with Gasteiger partial charge in [0.2, 0.25) is 11.8 Å². The molecule has 5 N–H and O–H groups in total. The van der Waals surface area contributed by atoms with E-state index < -0.39 is 5.91 Å². The number of amides is 2. The molecule has 0 radical (unpaired) electrons. The van der Waals surface area contributed by atoms with E-state index in [1.807, 2.05) is 61.5 Å². The highest BCUT2D eigenvalue weighted by molar-refractivity contribution is 8.00. The Morgan fingerprint density at radius 1 is 0.875 bits per heavy atom. The fourth-order valence-electron chi connectivity index (χ4n) is 2.89. The minimum atomic E-state index is -0.503. The zero-order valence-electron chi connectivity index (χ0n) is 17.5. The fraction of sp³-hybridized carbons (Fsp3) is 0.125. The Morgan fingerprint density at radius 2 is 1.50 bits per heavy atom. The van der Waals surface area contributed by atoms with E-state index in [9.17, 15) is 9.59 Å². The summed E-state index contributed by atoms with van der Waals surface area (Å²) in [6.45, 7) is 1.97. The molecule has 3 rings (SSSR count). The summed E-state index contributed by atoms with van der Waals surface area (Å²) in [5.74, 6) is -0.610. The van der Waals surface area contributed by atoms with Crippen molar-refractivity contribution < 1.29 is 9.59 Å². The zero-order chi connectivity index (χ0) is 22.9. The minimum Gasteiger partial charge on any atom is -0.366 e. The number of carbonyl (C=O) groups excluding carboxylic acids is 2. The lowest BCUT2D eigenvalue weighted by molar-refractivity contribution is -0.115. The molecule has 0 aromatic heterocycles. The SMILES string of the molecule is CCC(Sc1cccc(NC(=S)Nc2ccccc2)c1)C(=O)Nc1ccc(C(N)=O)cc1. The van der Waals surface area contributed by atoms with Crippen molar-refractivity contribution >= 4 is 58.0 Å². The van der Waals surface area contributed by atoms with Crippen molar-refractivity contribution in [3.05, 3.63) is 84.4 Å². The summed E-state index contributed by atoms with van der Waals surface area (Å²) >= 11 is 6.87. The molecule has 0 fully saturated rings. The maximum atomic E-state index is 12.8. The largest absolute Gasteiger partial charge is 0.366 e. The van der Waals surface area contributed by atoms with Gasteiger partial charge >= 0.3 is 0 Å². The molecule has 1 unspecified atom stereocenters. The lowest BCUT2D eigenvalue weighted by Crippen LogP contribution is -2.24. The number of thiocarbonyl (C=S) groups is 1. The molecular weight excluding hydrogens is 440 g/mol. The third kappa shape index (κ3) is 6.83. The Morgan fingerprint density at radius 3 is 2.16 bits per heavy atom. The van der Waals surface area contributed by atoms with E-state index >= 15 is 0 Å². The van der Waals surface area contributed by atoms with Gasteiger partial charge in [0.05, 0.1) is 5.25 Å². The molecule has 3 aromatic carbocycles. The Kier molecular flexibility index (Phi) is 8.24. The van der Waals surface area contributed by atoms with Crippen molar-refractivity contribution in [3.63, 3.8) is 0 Å². The van der Waals surface area contributed by atoms with Crippen LogP contribution in [0.3, 0.4) is 0 Å². The van der Waals surface area contributed by atoms with Gasteiger partial charge in [-0.3, -0.25) is 9.59 Å². The number of thioether (sulfide) groups is 1. The first kappa shape index (κ1) is 23.3. The van der Waals surface area contributed by atoms with E-state index in [0.717, 1.165) is 16.3 Å². The number of anilines is 3. The highest BCUT2D eigenvalue weighted by Crippen LogP contribution is 2.28. The number of hydrogen-bond donors (Lipinski definition) is 4. The molecule has 32 heavy (non-hydrogen) atoms. The molecular formula is C24H24N4O2S2. The summed E-state index contributed by atoms with van der Waals surface area (Å²) < 4.78 is 0. The smallest absolute Gasteiger partial charge is 0.248 e. The third-order valence-corrected chi connectivity index (χ3v) is 6.06. The van der Waals surface area contributed by atoms with Gasteiger partial charge in [-0.25, -0.2) is 0 Å². The second kappa shape index (κ2) is 11.3. The van der Waals surface area contributed by atoms with E-state index in [1.165, 1.54) is 11.8 Å². The number of nitrogens with one attached hydrogen (secondary N) is 3. The molecule has 3 aromatic rings. The molecule has 6 nitrogen and oxygen atoms in total. The molecule has 0 bridgehead atoms. The van der Waals surface area contributed by atoms with Crippen LogP contribution in [0, 0.1) is 0 Å². The van der Waals surface area contributed by atoms with Crippen molar-refractivity contribution in [1.82, 2.24) is 0 Å². The van der Waals surface area contributed by atoms with Crippen LogP contribution in [0.1, 0.15) is 23.7 Å². The summed E-state index contributed by atoms with van der Waals surface area (Å²) in [7, 11) is 0. The van der Waals surface area contributed by atoms with Gasteiger partial charge in [-0.2, -0.15) is 0 Å². The summed E-state index contributed by atoms with van der Waals surface area (Å²) in [6, 6.07) is 24.0. The van der Waals surface area contributed by atoms with Crippen LogP contribution in [0.15, 0.2) is 83.8 Å². The molecule has 8 heteroatoms. The molecule has 164 valence electrons. The van der Waals surface area contributed by atoms with Crippen LogP contribution in [0.4, 0.5) is 17.1 Å². The summed E-state index contributed by atoms with van der Waals surface area (Å²) in [4.78, 5) is 24.9. The molecule has 0 saturated heterocycles. The quantitative estimate of drug-likeness (QED) is 0.273. The summed E-state index contributed by atoms with van der Waals surface area (Å²) in [6.07, 6.45) is 0.654. The van der Waals surface area contributed by atoms with Gasteiger partial charge in [0.1, 0.15) is 0 Å². The number of nitrogens with two attached hydrogens (primary N) is 1. The van der Waals surface area contributed by atoms with Crippen LogP contribution in [0.25, 0.3) is 0 Å². The molecule has 0 saturated carbocycles. The van der Waals surface area contributed by atoms with Crippen LogP contribution < -0.4 is 21.7 Å². The topological polar surface area (TPSA) is 96.2 Å². The third-order valence-electron chi connectivity index (χ3n) is 4.50. The second-order valence-corrected chi connectivity index (χ2v) is 8.60. The molecule has 0 aliphatic heterocycles. The lowest BCUT2D eigenvalue weighted by atomic mass is 10.2. The number of primary amides is 1. The van der Waals surface area contributed by atoms with Gasteiger partial charge in [-0.15, -0.1) is 11.8 Å². The van der Waals surface area contributed by atoms with E-state index in [1.54, 1.807) is 24.3 Å². The lowest BCUT2D eigenvalue weighted by Gasteiger charge is -2.16. The predicted octanol–water partition coefficient (Wildman–Crippen LogP) is 5.10. The maximum absolute atomic E-state index is 12.8. The van der Waals surface area contributed by atoms with Gasteiger partial charge in [-0.1, -0.05) is 31.2 Å². The fourth-order valence-corrected chi connectivity index (χ4v) is 4.14. The Labute approximate surface area is 197 Å². The monoisotopic (exact) mass is 464 g/mol. The second-order valence-electron chi connectivity index (χ2n) is 6.92. The molecule has 2 amide bonds. The number of carbonyl (C=O) groups is 2. The van der Waals surface area contributed by atoms with Crippen LogP contribution in [-0.4, -0.2) is 22.2 Å². The van der Waals surface area contributed by atoms with E-state index in [4.69, 9.17) is 18.0 Å². The highest BCUT2D eigenvalue weighted by Gasteiger charge is 2.18. The summed E-state index contributed by atoms with van der Waals surface area (Å²) in [5, 5.41) is 9.41. The summed E-state index contributed by atoms with van der Waals surface area (Å²) in [5.41, 5.74) is 8.01. The Bertz CT molecular complexity index is 1090. The molecule has 0 heterocycles. The average Bonchev–Trinajstić information content (AvgIpc) is 2.78. The van der Waals surface area contributed by atoms with Crippen molar-refractivity contribution in [2.24, 2.45) is 5.73 Å². The van der Waals surface area contributed by atoms with Crippen LogP contribution >= 0.6 is 24.0 Å². The number of para-hydroxylation sites is 1. The minimum absolute atomic E-state index is 0.107. The van der Waals surface area contributed by atoms with Gasteiger partial charge in [0.25, 0.3) is 0 Å². The van der Waals surface area contributed by atoms with Gasteiger partial charge in [0, 0.05) is 27.5 Å². The first-order valence-corrected chi connectivity index (χ1v) is 11.3. The van der Waals surface area contributed by atoms with E-state index in [0.29, 0.717) is 22.8 Å². The van der Waals surface area contributed by atoms with Gasteiger partial charge in [0.15, 0.2) is 5.11 Å². The van der Waals surface area contributed by atoms with E-state index in [2.05, 4.69) is 16.0 Å². The van der Waals surface area contributed by atoms with Crippen molar-refractivity contribution in [2.45, 2.75) is 23.5 Å². The van der Waals surface area contributed by atoms with Crippen molar-refractivity contribution in [2.75, 3.05) is 16.0 Å². The standard InChI is InChI=1S/C24H24N4O2S2/c1-2-21(23(30)26-18-13-11-16(12-14-18)22(25)29)32-20-10-6-9-19(15-20)28-24(31)27-17-7-4-3-5-8-17/h3-15,21H,2H2,1H3,(H2,25,29)(H,26,30)(H2,27,28,31). The Hall–Kier alpha value is -3.36. The Balaban J connectivity index is 1.60. The van der Waals surface area contributed by atoms with Crippen molar-refractivity contribution in [1.29, 1.82) is 0 Å². The van der Waals surface area contributed by atoms with E-state index in [-0.39, 0.29) is 11.2 Å². The maximum Gasteiger partial charge on any atom is 0.248 e. The highest BCUT2D eigenvalue weighted by atomic mass is 32.2. The molecule has 0 spiro atoms. The number of benzene rings is 3. The molecule has 0 aliphatic carbocycles. The normalized spacial score (nSPS) is 11.3. The first-order valence-electron chi connectivity index (χ1n) is 10.0.